The normalized spacial score (nSPS) is 17.2. The highest BCUT2D eigenvalue weighted by atomic mass is 32.2. The smallest absolute Gasteiger partial charge is 0.258 e. The highest BCUT2D eigenvalue weighted by molar-refractivity contribution is 7.89. The summed E-state index contributed by atoms with van der Waals surface area (Å²) in [4.78, 5) is 22.3. The lowest BCUT2D eigenvalue weighted by molar-refractivity contribution is -0.129. The third kappa shape index (κ3) is 3.71. The fourth-order valence-corrected chi connectivity index (χ4v) is 4.58. The summed E-state index contributed by atoms with van der Waals surface area (Å²) in [6, 6.07) is 9.18. The lowest BCUT2D eigenvalue weighted by Crippen LogP contribution is -2.41. The lowest BCUT2D eigenvalue weighted by atomic mass is 10.1. The minimum absolute atomic E-state index is 0.118. The van der Waals surface area contributed by atoms with Gasteiger partial charge in [-0.15, -0.1) is 0 Å². The van der Waals surface area contributed by atoms with Gasteiger partial charge in [-0.1, -0.05) is 6.07 Å². The fourth-order valence-electron chi connectivity index (χ4n) is 3.41. The predicted octanol–water partition coefficient (Wildman–Crippen LogP) is 0.874. The summed E-state index contributed by atoms with van der Waals surface area (Å²) in [5, 5.41) is 1.51. The van der Waals surface area contributed by atoms with Gasteiger partial charge in [0.2, 0.25) is 5.91 Å². The number of nitrogen functional groups attached to an aromatic ring is 2. The first kappa shape index (κ1) is 19.1. The van der Waals surface area contributed by atoms with Crippen LogP contribution in [0.2, 0.25) is 0 Å². The largest absolute Gasteiger partial charge is 0.398 e. The summed E-state index contributed by atoms with van der Waals surface area (Å²) in [6.07, 6.45) is 3.36. The molecule has 1 aliphatic heterocycles. The third-order valence-electron chi connectivity index (χ3n) is 4.92. The highest BCUT2D eigenvalue weighted by Gasteiger charge is 2.35. The zero-order valence-corrected chi connectivity index (χ0v) is 16.3. The van der Waals surface area contributed by atoms with Crippen LogP contribution in [0.15, 0.2) is 53.8 Å². The Kier molecular flexibility index (Phi) is 4.81. The Morgan fingerprint density at radius 1 is 1.14 bits per heavy atom. The maximum atomic E-state index is 12.8. The zero-order valence-electron chi connectivity index (χ0n) is 15.4. The van der Waals surface area contributed by atoms with E-state index >= 15 is 0 Å². The molecule has 10 heteroatoms. The molecule has 0 aliphatic carbocycles. The number of amides is 1. The zero-order chi connectivity index (χ0) is 20.6. The molecule has 0 radical (unpaired) electrons. The Balaban J connectivity index is 1.52. The van der Waals surface area contributed by atoms with E-state index in [0.29, 0.717) is 24.5 Å². The Hall–Kier alpha value is -3.24. The number of hydrogen-bond acceptors (Lipinski definition) is 7. The molecule has 0 bridgehead atoms. The molecule has 150 valence electrons. The number of nitrogens with zero attached hydrogens (tertiary/aromatic N) is 3. The molecular weight excluding hydrogens is 392 g/mol. The predicted molar refractivity (Wildman–Crippen MR) is 109 cm³/mol. The van der Waals surface area contributed by atoms with Gasteiger partial charge in [0.1, 0.15) is 11.9 Å². The molecule has 4 rings (SSSR count). The van der Waals surface area contributed by atoms with Crippen molar-refractivity contribution in [1.82, 2.24) is 19.6 Å². The first-order valence-corrected chi connectivity index (χ1v) is 10.5. The Labute approximate surface area is 167 Å². The van der Waals surface area contributed by atoms with E-state index in [2.05, 4.69) is 14.7 Å². The van der Waals surface area contributed by atoms with E-state index in [0.717, 1.165) is 16.3 Å². The number of nitrogens with one attached hydrogen (secondary N) is 1. The molecule has 1 aliphatic rings. The molecule has 1 amide bonds. The first-order valence-electron chi connectivity index (χ1n) is 9.00. The van der Waals surface area contributed by atoms with Crippen molar-refractivity contribution in [3.8, 4) is 0 Å². The Morgan fingerprint density at radius 2 is 1.97 bits per heavy atom. The van der Waals surface area contributed by atoms with Gasteiger partial charge in [-0.05, 0) is 47.7 Å². The van der Waals surface area contributed by atoms with Crippen LogP contribution in [-0.4, -0.2) is 41.8 Å². The molecule has 2 aromatic heterocycles. The first-order chi connectivity index (χ1) is 13.8. The molecule has 29 heavy (non-hydrogen) atoms. The number of sulfonamides is 1. The number of fused-ring (bicyclic) bond motifs is 1. The molecule has 1 saturated heterocycles. The summed E-state index contributed by atoms with van der Waals surface area (Å²) in [6.45, 7) is 0.672. The van der Waals surface area contributed by atoms with E-state index in [1.165, 1.54) is 12.3 Å². The van der Waals surface area contributed by atoms with Gasteiger partial charge in [-0.3, -0.25) is 4.79 Å². The molecule has 1 fully saturated rings. The van der Waals surface area contributed by atoms with Gasteiger partial charge in [0, 0.05) is 36.6 Å². The van der Waals surface area contributed by atoms with Crippen LogP contribution in [0, 0.1) is 0 Å². The molecule has 5 N–H and O–H groups in total. The van der Waals surface area contributed by atoms with Crippen LogP contribution >= 0.6 is 0 Å². The summed E-state index contributed by atoms with van der Waals surface area (Å²) < 4.78 is 27.4. The van der Waals surface area contributed by atoms with Gasteiger partial charge in [-0.25, -0.2) is 18.4 Å². The number of aromatic nitrogens is 2. The second-order valence-electron chi connectivity index (χ2n) is 6.86. The van der Waals surface area contributed by atoms with Gasteiger partial charge in [0.25, 0.3) is 10.0 Å². The van der Waals surface area contributed by atoms with Crippen LogP contribution in [0.25, 0.3) is 10.8 Å². The van der Waals surface area contributed by atoms with Gasteiger partial charge in [0.05, 0.1) is 0 Å². The average molecular weight is 412 g/mol. The molecule has 3 aromatic rings. The van der Waals surface area contributed by atoms with Gasteiger partial charge in [-0.2, -0.15) is 4.72 Å². The van der Waals surface area contributed by atoms with E-state index in [1.807, 2.05) is 12.1 Å². The minimum Gasteiger partial charge on any atom is -0.398 e. The number of pyridine rings is 2. The maximum Gasteiger partial charge on any atom is 0.258 e. The Bertz CT molecular complexity index is 1180. The quantitative estimate of drug-likeness (QED) is 0.527. The van der Waals surface area contributed by atoms with E-state index < -0.39 is 16.1 Å². The van der Waals surface area contributed by atoms with E-state index in [9.17, 15) is 13.2 Å². The molecule has 0 unspecified atom stereocenters. The van der Waals surface area contributed by atoms with Crippen LogP contribution in [0.4, 0.5) is 11.5 Å². The lowest BCUT2D eigenvalue weighted by Gasteiger charge is -2.19. The molecule has 1 atom stereocenters. The summed E-state index contributed by atoms with van der Waals surface area (Å²) >= 11 is 0. The van der Waals surface area contributed by atoms with E-state index in [4.69, 9.17) is 11.5 Å². The minimum atomic E-state index is -3.87. The van der Waals surface area contributed by atoms with Gasteiger partial charge < -0.3 is 16.4 Å². The topological polar surface area (TPSA) is 144 Å². The summed E-state index contributed by atoms with van der Waals surface area (Å²) in [5.41, 5.74) is 13.4. The second-order valence-corrected chi connectivity index (χ2v) is 8.52. The van der Waals surface area contributed by atoms with Crippen LogP contribution in [0.5, 0.6) is 0 Å². The monoisotopic (exact) mass is 412 g/mol. The molecule has 3 heterocycles. The fraction of sp³-hybridized carbons (Fsp3) is 0.211. The van der Waals surface area contributed by atoms with Crippen molar-refractivity contribution in [2.45, 2.75) is 24.0 Å². The second kappa shape index (κ2) is 7.30. The SMILES string of the molecule is Nc1cc2ccnc(N)c2cc1CN1CC[C@H](NS(=O)(=O)c2ccccn2)C1=O. The van der Waals surface area contributed by atoms with Gasteiger partial charge >= 0.3 is 0 Å². The molecule has 9 nitrogen and oxygen atoms in total. The number of likely N-dealkylation sites (tertiary alicyclic amines) is 1. The van der Waals surface area contributed by atoms with Crippen molar-refractivity contribution in [3.63, 3.8) is 0 Å². The molecule has 0 saturated carbocycles. The van der Waals surface area contributed by atoms with Crippen molar-refractivity contribution in [2.75, 3.05) is 18.0 Å². The van der Waals surface area contributed by atoms with Crippen LogP contribution in [0.1, 0.15) is 12.0 Å². The van der Waals surface area contributed by atoms with Crippen molar-refractivity contribution in [3.05, 3.63) is 54.4 Å². The third-order valence-corrected chi connectivity index (χ3v) is 6.31. The number of carbonyl (C=O) groups excluding carboxylic acids is 1. The van der Waals surface area contributed by atoms with Crippen molar-refractivity contribution >= 4 is 38.2 Å². The number of nitrogens with two attached hydrogens (primary N) is 2. The average Bonchev–Trinajstić information content (AvgIpc) is 3.03. The van der Waals surface area contributed by atoms with Crippen LogP contribution < -0.4 is 16.2 Å². The van der Waals surface area contributed by atoms with Crippen molar-refractivity contribution in [1.29, 1.82) is 0 Å². The Morgan fingerprint density at radius 3 is 2.72 bits per heavy atom. The number of benzene rings is 1. The summed E-state index contributed by atoms with van der Waals surface area (Å²) in [7, 11) is -3.87. The summed E-state index contributed by atoms with van der Waals surface area (Å²) in [5.74, 6) is 0.0839. The van der Waals surface area contributed by atoms with Crippen LogP contribution in [-0.2, 0) is 21.4 Å². The maximum absolute atomic E-state index is 12.8. The van der Waals surface area contributed by atoms with Gasteiger partial charge in [0.15, 0.2) is 5.03 Å². The van der Waals surface area contributed by atoms with Crippen molar-refractivity contribution < 1.29 is 13.2 Å². The number of rotatable bonds is 5. The van der Waals surface area contributed by atoms with E-state index in [1.54, 1.807) is 29.3 Å². The standard InChI is InChI=1S/C19H20N6O3S/c20-15-10-12-4-7-23-18(21)14(12)9-13(15)11-25-8-5-16(19(25)26)24-29(27,28)17-3-1-2-6-22-17/h1-4,6-7,9-10,16,24H,5,8,11,20H2,(H2,21,23)/t16-/m0/s1. The van der Waals surface area contributed by atoms with E-state index in [-0.39, 0.29) is 17.5 Å². The highest BCUT2D eigenvalue weighted by Crippen LogP contribution is 2.27. The number of carbonyl (C=O) groups is 1. The number of hydrogen-bond donors (Lipinski definition) is 3. The molecule has 1 aromatic carbocycles. The van der Waals surface area contributed by atoms with Crippen molar-refractivity contribution in [2.24, 2.45) is 0 Å². The molecular formula is C19H20N6O3S. The molecule has 0 spiro atoms. The number of anilines is 2. The van der Waals surface area contributed by atoms with Crippen LogP contribution in [0.3, 0.4) is 0 Å².